The Balaban J connectivity index is 0.00000400. The van der Waals surface area contributed by atoms with E-state index in [-0.39, 0.29) is 29.6 Å². The average Bonchev–Trinajstić information content (AvgIpc) is 2.44. The minimum Gasteiger partial charge on any atom is -0.345 e. The number of nitrogens with zero attached hydrogens (tertiary/aromatic N) is 1. The maximum atomic E-state index is 12.7. The van der Waals surface area contributed by atoms with E-state index in [0.29, 0.717) is 13.1 Å². The van der Waals surface area contributed by atoms with E-state index in [1.807, 2.05) is 42.3 Å². The van der Waals surface area contributed by atoms with Crippen LogP contribution in [0.5, 0.6) is 0 Å². The van der Waals surface area contributed by atoms with Crippen molar-refractivity contribution in [1.82, 2.24) is 4.90 Å². The Morgan fingerprint density at radius 3 is 2.33 bits per heavy atom. The van der Waals surface area contributed by atoms with Crippen molar-refractivity contribution < 1.29 is 4.79 Å². The van der Waals surface area contributed by atoms with Crippen molar-refractivity contribution in [2.75, 3.05) is 20.1 Å². The zero-order chi connectivity index (χ0) is 15.2. The Morgan fingerprint density at radius 2 is 1.86 bits per heavy atom. The van der Waals surface area contributed by atoms with Crippen LogP contribution in [0.2, 0.25) is 0 Å². The largest absolute Gasteiger partial charge is 0.345 e. The molecule has 0 saturated carbocycles. The van der Waals surface area contributed by atoms with E-state index in [4.69, 9.17) is 5.73 Å². The Morgan fingerprint density at radius 1 is 1.29 bits per heavy atom. The minimum absolute atomic E-state index is 0. The molecule has 0 heterocycles. The molecule has 0 aliphatic heterocycles. The van der Waals surface area contributed by atoms with Gasteiger partial charge in [-0.3, -0.25) is 4.79 Å². The van der Waals surface area contributed by atoms with Crippen LogP contribution in [0.4, 0.5) is 0 Å². The highest BCUT2D eigenvalue weighted by Crippen LogP contribution is 2.25. The van der Waals surface area contributed by atoms with Gasteiger partial charge in [0.05, 0.1) is 5.92 Å². The number of carbonyl (C=O) groups is 1. The summed E-state index contributed by atoms with van der Waals surface area (Å²) >= 11 is 0. The molecule has 4 heteroatoms. The van der Waals surface area contributed by atoms with Gasteiger partial charge in [0, 0.05) is 13.6 Å². The number of hydrogen-bond donors (Lipinski definition) is 1. The molecular formula is C17H29ClN2O. The predicted octanol–water partition coefficient (Wildman–Crippen LogP) is 3.44. The SMILES string of the molecule is CCCC(C(=O)N(C)CC(C)(C)CN)c1ccccc1.Cl. The van der Waals surface area contributed by atoms with Crippen LogP contribution in [0, 0.1) is 5.41 Å². The third-order valence-corrected chi connectivity index (χ3v) is 3.67. The van der Waals surface area contributed by atoms with E-state index in [2.05, 4.69) is 20.8 Å². The van der Waals surface area contributed by atoms with Crippen molar-refractivity contribution in [3.8, 4) is 0 Å². The van der Waals surface area contributed by atoms with E-state index in [0.717, 1.165) is 18.4 Å². The summed E-state index contributed by atoms with van der Waals surface area (Å²) < 4.78 is 0. The summed E-state index contributed by atoms with van der Waals surface area (Å²) in [5.41, 5.74) is 6.83. The van der Waals surface area contributed by atoms with Gasteiger partial charge in [-0.2, -0.15) is 0 Å². The molecule has 1 atom stereocenters. The molecular weight excluding hydrogens is 284 g/mol. The number of halogens is 1. The number of nitrogens with two attached hydrogens (primary N) is 1. The Labute approximate surface area is 135 Å². The van der Waals surface area contributed by atoms with Gasteiger partial charge < -0.3 is 10.6 Å². The van der Waals surface area contributed by atoms with Gasteiger partial charge in [0.15, 0.2) is 0 Å². The molecule has 0 saturated heterocycles. The quantitative estimate of drug-likeness (QED) is 0.838. The zero-order valence-electron chi connectivity index (χ0n) is 13.6. The smallest absolute Gasteiger partial charge is 0.229 e. The van der Waals surface area contributed by atoms with Crippen molar-refractivity contribution in [1.29, 1.82) is 0 Å². The fourth-order valence-electron chi connectivity index (χ4n) is 2.46. The molecule has 1 aromatic rings. The van der Waals surface area contributed by atoms with Crippen LogP contribution in [-0.4, -0.2) is 30.9 Å². The molecule has 1 amide bonds. The Hall–Kier alpha value is -1.06. The first kappa shape index (κ1) is 19.9. The van der Waals surface area contributed by atoms with Crippen molar-refractivity contribution in [3.05, 3.63) is 35.9 Å². The van der Waals surface area contributed by atoms with Gasteiger partial charge in [0.2, 0.25) is 5.91 Å². The lowest BCUT2D eigenvalue weighted by atomic mass is 9.90. The molecule has 0 aromatic heterocycles. The van der Waals surface area contributed by atoms with E-state index in [9.17, 15) is 4.79 Å². The third kappa shape index (κ3) is 6.06. The van der Waals surface area contributed by atoms with Crippen LogP contribution in [0.15, 0.2) is 30.3 Å². The Kier molecular flexibility index (Phi) is 8.60. The van der Waals surface area contributed by atoms with Gasteiger partial charge >= 0.3 is 0 Å². The van der Waals surface area contributed by atoms with Gasteiger partial charge in [0.1, 0.15) is 0 Å². The summed E-state index contributed by atoms with van der Waals surface area (Å²) in [6, 6.07) is 10.1. The fraction of sp³-hybridized carbons (Fsp3) is 0.588. The van der Waals surface area contributed by atoms with E-state index >= 15 is 0 Å². The first-order valence-corrected chi connectivity index (χ1v) is 7.41. The first-order valence-electron chi connectivity index (χ1n) is 7.41. The van der Waals surface area contributed by atoms with Crippen molar-refractivity contribution in [2.24, 2.45) is 11.1 Å². The summed E-state index contributed by atoms with van der Waals surface area (Å²) in [5.74, 6) is 0.152. The molecule has 0 aliphatic rings. The van der Waals surface area contributed by atoms with Crippen molar-refractivity contribution in [2.45, 2.75) is 39.5 Å². The highest BCUT2D eigenvalue weighted by atomic mass is 35.5. The molecule has 2 N–H and O–H groups in total. The average molecular weight is 313 g/mol. The second-order valence-corrected chi connectivity index (χ2v) is 6.31. The van der Waals surface area contributed by atoms with Crippen LogP contribution in [0.3, 0.4) is 0 Å². The van der Waals surface area contributed by atoms with E-state index in [1.165, 1.54) is 0 Å². The molecule has 0 fully saturated rings. The summed E-state index contributed by atoms with van der Waals surface area (Å²) in [4.78, 5) is 14.5. The van der Waals surface area contributed by atoms with Gasteiger partial charge in [-0.15, -0.1) is 12.4 Å². The highest BCUT2D eigenvalue weighted by molar-refractivity contribution is 5.85. The van der Waals surface area contributed by atoms with E-state index < -0.39 is 0 Å². The lowest BCUT2D eigenvalue weighted by Gasteiger charge is -2.31. The van der Waals surface area contributed by atoms with Crippen LogP contribution >= 0.6 is 12.4 Å². The van der Waals surface area contributed by atoms with Gasteiger partial charge in [-0.1, -0.05) is 57.5 Å². The Bertz CT molecular complexity index is 420. The van der Waals surface area contributed by atoms with Crippen molar-refractivity contribution in [3.63, 3.8) is 0 Å². The summed E-state index contributed by atoms with van der Waals surface area (Å²) in [7, 11) is 1.88. The normalized spacial score (nSPS) is 12.4. The zero-order valence-corrected chi connectivity index (χ0v) is 14.5. The topological polar surface area (TPSA) is 46.3 Å². The fourth-order valence-corrected chi connectivity index (χ4v) is 2.46. The standard InChI is InChI=1S/C17H28N2O.ClH/c1-5-9-15(14-10-7-6-8-11-14)16(20)19(4)13-17(2,3)12-18;/h6-8,10-11,15H,5,9,12-13,18H2,1-4H3;1H. The van der Waals surface area contributed by atoms with Gasteiger partial charge in [-0.05, 0) is 23.9 Å². The molecule has 1 unspecified atom stereocenters. The molecule has 0 aliphatic carbocycles. The van der Waals surface area contributed by atoms with Gasteiger partial charge in [-0.25, -0.2) is 0 Å². The maximum Gasteiger partial charge on any atom is 0.229 e. The monoisotopic (exact) mass is 312 g/mol. The summed E-state index contributed by atoms with van der Waals surface area (Å²) in [5, 5.41) is 0. The molecule has 120 valence electrons. The molecule has 21 heavy (non-hydrogen) atoms. The number of amides is 1. The lowest BCUT2D eigenvalue weighted by molar-refractivity contribution is -0.132. The number of rotatable bonds is 7. The number of carbonyl (C=O) groups excluding carboxylic acids is 1. The van der Waals surface area contributed by atoms with Crippen LogP contribution in [0.1, 0.15) is 45.1 Å². The lowest BCUT2D eigenvalue weighted by Crippen LogP contribution is -2.41. The second-order valence-electron chi connectivity index (χ2n) is 6.31. The summed E-state index contributed by atoms with van der Waals surface area (Å²) in [6.45, 7) is 7.57. The second kappa shape index (κ2) is 9.06. The van der Waals surface area contributed by atoms with Crippen LogP contribution in [-0.2, 0) is 4.79 Å². The molecule has 0 bridgehead atoms. The highest BCUT2D eigenvalue weighted by Gasteiger charge is 2.27. The number of hydrogen-bond acceptors (Lipinski definition) is 2. The minimum atomic E-state index is -0.0438. The molecule has 0 spiro atoms. The maximum absolute atomic E-state index is 12.7. The van der Waals surface area contributed by atoms with Crippen molar-refractivity contribution >= 4 is 18.3 Å². The van der Waals surface area contributed by atoms with Gasteiger partial charge in [0.25, 0.3) is 0 Å². The number of benzene rings is 1. The number of likely N-dealkylation sites (N-methyl/N-ethyl adjacent to an activating group) is 1. The molecule has 1 rings (SSSR count). The molecule has 3 nitrogen and oxygen atoms in total. The summed E-state index contributed by atoms with van der Waals surface area (Å²) in [6.07, 6.45) is 1.88. The molecule has 0 radical (unpaired) electrons. The first-order chi connectivity index (χ1) is 9.41. The van der Waals surface area contributed by atoms with Crippen LogP contribution in [0.25, 0.3) is 0 Å². The van der Waals surface area contributed by atoms with Crippen LogP contribution < -0.4 is 5.73 Å². The predicted molar refractivity (Wildman–Crippen MR) is 91.8 cm³/mol. The third-order valence-electron chi connectivity index (χ3n) is 3.67. The van der Waals surface area contributed by atoms with E-state index in [1.54, 1.807) is 0 Å². The molecule has 1 aromatic carbocycles.